The van der Waals surface area contributed by atoms with E-state index < -0.39 is 17.8 Å². The van der Waals surface area contributed by atoms with Crippen LogP contribution in [0, 0.1) is 5.41 Å². The molecule has 15 heteroatoms. The van der Waals surface area contributed by atoms with Crippen LogP contribution in [0.2, 0.25) is 0 Å². The first-order valence-corrected chi connectivity index (χ1v) is 17.3. The number of aryl methyl sites for hydroxylation is 1. The molecule has 1 amide bonds. The van der Waals surface area contributed by atoms with E-state index >= 15 is 0 Å². The Hall–Kier alpha value is -4.79. The molecule has 0 aliphatic heterocycles. The van der Waals surface area contributed by atoms with Gasteiger partial charge < -0.3 is 24.1 Å². The molecule has 0 aromatic carbocycles. The van der Waals surface area contributed by atoms with Crippen LogP contribution in [0.4, 0.5) is 24.8 Å². The van der Waals surface area contributed by atoms with E-state index in [1.54, 1.807) is 38.2 Å². The van der Waals surface area contributed by atoms with Gasteiger partial charge in [-0.3, -0.25) is 19.9 Å². The summed E-state index contributed by atoms with van der Waals surface area (Å²) >= 11 is 0. The summed E-state index contributed by atoms with van der Waals surface area (Å²) in [5, 5.41) is 2.74. The normalized spacial score (nSPS) is 14.1. The lowest BCUT2D eigenvalue weighted by Gasteiger charge is -2.34. The maximum absolute atomic E-state index is 13.9. The van der Waals surface area contributed by atoms with Gasteiger partial charge in [-0.25, -0.2) is 9.97 Å². The second-order valence-electron chi connectivity index (χ2n) is 12.7. The number of hydrogen-bond acceptors (Lipinski definition) is 10. The molecule has 1 saturated carbocycles. The molecule has 0 saturated heterocycles. The number of esters is 1. The van der Waals surface area contributed by atoms with E-state index in [0.717, 1.165) is 37.3 Å². The highest BCUT2D eigenvalue weighted by Crippen LogP contribution is 2.41. The number of amides is 1. The largest absolute Gasteiger partial charge is 0.478 e. The van der Waals surface area contributed by atoms with Crippen LogP contribution in [-0.4, -0.2) is 76.8 Å². The van der Waals surface area contributed by atoms with Crippen LogP contribution in [0.15, 0.2) is 36.5 Å². The van der Waals surface area contributed by atoms with Crippen molar-refractivity contribution in [2.24, 2.45) is 5.41 Å². The van der Waals surface area contributed by atoms with Crippen LogP contribution in [0.5, 0.6) is 5.88 Å². The Labute approximate surface area is 294 Å². The number of imidazole rings is 1. The topological polar surface area (TPSA) is 144 Å². The zero-order valence-corrected chi connectivity index (χ0v) is 29.4. The lowest BCUT2D eigenvalue weighted by atomic mass is 9.86. The third kappa shape index (κ3) is 9.51. The summed E-state index contributed by atoms with van der Waals surface area (Å²) in [5.74, 6) is -0.850. The number of alkyl halides is 3. The number of ether oxygens (including phenoxy) is 3. The molecule has 2 N–H and O–H groups in total. The van der Waals surface area contributed by atoms with Crippen LogP contribution < -0.4 is 15.0 Å². The Morgan fingerprint density at radius 2 is 1.80 bits per heavy atom. The number of hydrogen-bond donors (Lipinski definition) is 2. The number of nitrogens with zero attached hydrogens (tertiary/aromatic N) is 5. The molecule has 0 unspecified atom stereocenters. The van der Waals surface area contributed by atoms with E-state index in [4.69, 9.17) is 14.2 Å². The summed E-state index contributed by atoms with van der Waals surface area (Å²) in [7, 11) is 1.92. The smallest absolute Gasteiger partial charge is 0.433 e. The molecule has 12 nitrogen and oxygen atoms in total. The van der Waals surface area contributed by atoms with Crippen molar-refractivity contribution in [3.05, 3.63) is 53.5 Å². The molecule has 4 aromatic heterocycles. The Morgan fingerprint density at radius 3 is 2.47 bits per heavy atom. The molecule has 0 spiro atoms. The fourth-order valence-electron chi connectivity index (χ4n) is 6.43. The van der Waals surface area contributed by atoms with E-state index in [1.807, 2.05) is 18.9 Å². The lowest BCUT2D eigenvalue weighted by molar-refractivity contribution is -0.143. The minimum atomic E-state index is -4.71. The molecule has 4 heterocycles. The third-order valence-electron chi connectivity index (χ3n) is 8.82. The van der Waals surface area contributed by atoms with E-state index in [-0.39, 0.29) is 52.4 Å². The van der Waals surface area contributed by atoms with Gasteiger partial charge in [0.25, 0.3) is 5.91 Å². The lowest BCUT2D eigenvalue weighted by Crippen LogP contribution is -2.37. The highest BCUT2D eigenvalue weighted by atomic mass is 19.4. The summed E-state index contributed by atoms with van der Waals surface area (Å²) in [6, 6.07) is 7.43. The van der Waals surface area contributed by atoms with Crippen LogP contribution in [0.1, 0.15) is 81.0 Å². The standard InChI is InChI=1S/C36H44F3N7O5/c1-5-49-22-35(15-8-9-16-35)21-46(4)27-19-26(24-17-28(36(37,38)39)42-29(18-24)50-6-2)41-32-31(27)43-34(44-32)45-33(48)25-14-13-23(20-40-25)11-10-12-30(47)51-7-3/h13-14,17-20H,5-12,15-16,21-22H2,1-4H3,(H2,41,43,44,45,48). The molecule has 5 rings (SSSR count). The van der Waals surface area contributed by atoms with Gasteiger partial charge in [0.15, 0.2) is 5.65 Å². The molecule has 0 atom stereocenters. The Kier molecular flexibility index (Phi) is 12.1. The highest BCUT2D eigenvalue weighted by molar-refractivity contribution is 6.03. The molecule has 1 fully saturated rings. The third-order valence-corrected chi connectivity index (χ3v) is 8.82. The first-order valence-electron chi connectivity index (χ1n) is 17.3. The second kappa shape index (κ2) is 16.5. The summed E-state index contributed by atoms with van der Waals surface area (Å²) in [5.41, 5.74) is 1.53. The molecule has 0 radical (unpaired) electrons. The number of aromatic amines is 1. The maximum atomic E-state index is 13.9. The van der Waals surface area contributed by atoms with Crippen LogP contribution in [0.3, 0.4) is 0 Å². The molecule has 51 heavy (non-hydrogen) atoms. The van der Waals surface area contributed by atoms with Gasteiger partial charge in [-0.2, -0.15) is 18.2 Å². The zero-order chi connectivity index (χ0) is 36.6. The predicted molar refractivity (Wildman–Crippen MR) is 186 cm³/mol. The van der Waals surface area contributed by atoms with Gasteiger partial charge in [0.05, 0.1) is 31.2 Å². The number of nitrogens with one attached hydrogen (secondary N) is 2. The van der Waals surface area contributed by atoms with Crippen molar-refractivity contribution in [2.75, 3.05) is 50.2 Å². The summed E-state index contributed by atoms with van der Waals surface area (Å²) in [6.45, 7) is 7.66. The number of pyridine rings is 3. The average molecular weight is 712 g/mol. The van der Waals surface area contributed by atoms with Crippen LogP contribution in [-0.2, 0) is 26.9 Å². The van der Waals surface area contributed by atoms with Gasteiger partial charge in [-0.05, 0) is 70.2 Å². The fraction of sp³-hybridized carbons (Fsp3) is 0.500. The van der Waals surface area contributed by atoms with Gasteiger partial charge in [-0.15, -0.1) is 0 Å². The van der Waals surface area contributed by atoms with Gasteiger partial charge in [0, 0.05) is 49.9 Å². The molecular formula is C36H44F3N7O5. The minimum Gasteiger partial charge on any atom is -0.478 e. The van der Waals surface area contributed by atoms with Crippen molar-refractivity contribution >= 4 is 34.7 Å². The molecule has 1 aliphatic rings. The number of fused-ring (bicyclic) bond motifs is 1. The molecule has 0 bridgehead atoms. The second-order valence-corrected chi connectivity index (χ2v) is 12.7. The first-order chi connectivity index (χ1) is 24.4. The van der Waals surface area contributed by atoms with Gasteiger partial charge in [-0.1, -0.05) is 18.9 Å². The SMILES string of the molecule is CCOCC1(CN(C)c2cc(-c3cc(OCC)nc(C(F)(F)F)c3)nc3nc(NC(=O)c4ccc(CCCC(=O)OCC)cn4)[nH]c23)CCCC1. The Bertz CT molecular complexity index is 1810. The molecule has 4 aromatic rings. The van der Waals surface area contributed by atoms with Crippen LogP contribution in [0.25, 0.3) is 22.4 Å². The van der Waals surface area contributed by atoms with Gasteiger partial charge in [0.2, 0.25) is 11.8 Å². The molecular weight excluding hydrogens is 667 g/mol. The van der Waals surface area contributed by atoms with Crippen molar-refractivity contribution < 1.29 is 37.0 Å². The van der Waals surface area contributed by atoms with Crippen molar-refractivity contribution in [3.63, 3.8) is 0 Å². The van der Waals surface area contributed by atoms with E-state index in [9.17, 15) is 22.8 Å². The highest BCUT2D eigenvalue weighted by Gasteiger charge is 2.36. The van der Waals surface area contributed by atoms with Crippen molar-refractivity contribution in [3.8, 4) is 17.1 Å². The Balaban J connectivity index is 1.46. The fourth-order valence-corrected chi connectivity index (χ4v) is 6.43. The minimum absolute atomic E-state index is 0.0974. The Morgan fingerprint density at radius 1 is 1.02 bits per heavy atom. The van der Waals surface area contributed by atoms with E-state index in [0.29, 0.717) is 56.8 Å². The quantitative estimate of drug-likeness (QED) is 0.117. The predicted octanol–water partition coefficient (Wildman–Crippen LogP) is 7.00. The summed E-state index contributed by atoms with van der Waals surface area (Å²) < 4.78 is 57.9. The van der Waals surface area contributed by atoms with Crippen molar-refractivity contribution in [2.45, 2.75) is 71.9 Å². The monoisotopic (exact) mass is 711 g/mol. The van der Waals surface area contributed by atoms with Gasteiger partial charge >= 0.3 is 12.1 Å². The van der Waals surface area contributed by atoms with Crippen LogP contribution >= 0.6 is 0 Å². The first kappa shape index (κ1) is 37.5. The van der Waals surface area contributed by atoms with E-state index in [2.05, 4.69) is 30.2 Å². The number of anilines is 2. The maximum Gasteiger partial charge on any atom is 0.433 e. The van der Waals surface area contributed by atoms with Gasteiger partial charge in [0.1, 0.15) is 16.9 Å². The number of carbonyl (C=O) groups excluding carboxylic acids is 2. The number of rotatable bonds is 16. The number of aromatic nitrogens is 5. The molecule has 274 valence electrons. The number of halogens is 3. The summed E-state index contributed by atoms with van der Waals surface area (Å²) in [6.07, 6.45) is 2.49. The number of carbonyl (C=O) groups is 2. The van der Waals surface area contributed by atoms with Crippen molar-refractivity contribution in [1.29, 1.82) is 0 Å². The zero-order valence-electron chi connectivity index (χ0n) is 29.4. The summed E-state index contributed by atoms with van der Waals surface area (Å²) in [4.78, 5) is 47.2. The van der Waals surface area contributed by atoms with E-state index in [1.165, 1.54) is 6.07 Å². The average Bonchev–Trinajstić information content (AvgIpc) is 3.73. The van der Waals surface area contributed by atoms with Crippen molar-refractivity contribution in [1.82, 2.24) is 24.9 Å². The molecule has 1 aliphatic carbocycles. The number of H-pyrrole nitrogens is 1.